The van der Waals surface area contributed by atoms with Crippen LogP contribution >= 0.6 is 22.9 Å². The molecule has 1 aliphatic heterocycles. The summed E-state index contributed by atoms with van der Waals surface area (Å²) in [5.74, 6) is -0.207. The molecule has 0 radical (unpaired) electrons. The van der Waals surface area contributed by atoms with E-state index in [-0.39, 0.29) is 24.4 Å². The molecular formula is C22H27ClN2O2S. The van der Waals surface area contributed by atoms with Gasteiger partial charge in [-0.3, -0.25) is 9.59 Å². The first-order valence-corrected chi connectivity index (χ1v) is 11.1. The molecule has 2 atom stereocenters. The number of nitrogens with zero attached hydrogens (tertiary/aromatic N) is 2. The summed E-state index contributed by atoms with van der Waals surface area (Å²) in [5.41, 5.74) is 3.52. The standard InChI is InChI=1S/C22H27ClN2O2S/c1-4-11-24(22(27)16(3)23)14-20(26)25-12-9-19-18(10-13-28-19)21(25)17-8-6-5-7-15(17)2/h5-8,10,13,16,21H,4,9,11-12,14H2,1-3H3/t16-,21-/m0/s1. The fourth-order valence-electron chi connectivity index (χ4n) is 3.86. The number of halogens is 1. The minimum atomic E-state index is -0.628. The van der Waals surface area contributed by atoms with Crippen LogP contribution < -0.4 is 0 Å². The summed E-state index contributed by atoms with van der Waals surface area (Å²) >= 11 is 7.77. The lowest BCUT2D eigenvalue weighted by Gasteiger charge is -2.38. The molecule has 4 nitrogen and oxygen atoms in total. The van der Waals surface area contributed by atoms with E-state index in [1.807, 2.05) is 24.0 Å². The van der Waals surface area contributed by atoms with Gasteiger partial charge in [-0.15, -0.1) is 22.9 Å². The number of thiophene rings is 1. The third kappa shape index (κ3) is 4.26. The van der Waals surface area contributed by atoms with Crippen LogP contribution in [0.25, 0.3) is 0 Å². The number of amides is 2. The van der Waals surface area contributed by atoms with E-state index >= 15 is 0 Å². The van der Waals surface area contributed by atoms with Gasteiger partial charge < -0.3 is 9.80 Å². The Morgan fingerprint density at radius 3 is 2.71 bits per heavy atom. The Kier molecular flexibility index (Phi) is 6.78. The molecule has 0 bridgehead atoms. The number of benzene rings is 1. The van der Waals surface area contributed by atoms with Gasteiger partial charge in [0.2, 0.25) is 11.8 Å². The van der Waals surface area contributed by atoms with Gasteiger partial charge in [0.1, 0.15) is 5.38 Å². The van der Waals surface area contributed by atoms with Crippen molar-refractivity contribution in [2.24, 2.45) is 0 Å². The van der Waals surface area contributed by atoms with Crippen LogP contribution in [0.4, 0.5) is 0 Å². The van der Waals surface area contributed by atoms with Crippen molar-refractivity contribution in [2.45, 2.75) is 45.0 Å². The average Bonchev–Trinajstić information content (AvgIpc) is 3.15. The van der Waals surface area contributed by atoms with E-state index in [1.54, 1.807) is 23.2 Å². The Labute approximate surface area is 176 Å². The molecule has 0 saturated heterocycles. The van der Waals surface area contributed by atoms with Crippen molar-refractivity contribution < 1.29 is 9.59 Å². The molecule has 1 aliphatic rings. The summed E-state index contributed by atoms with van der Waals surface area (Å²) in [4.78, 5) is 30.6. The molecule has 2 heterocycles. The SMILES string of the molecule is CCCN(CC(=O)N1CCc2sccc2[C@@H]1c1ccccc1C)C(=O)[C@H](C)Cl. The van der Waals surface area contributed by atoms with Gasteiger partial charge >= 0.3 is 0 Å². The van der Waals surface area contributed by atoms with Gasteiger partial charge in [0.25, 0.3) is 0 Å². The van der Waals surface area contributed by atoms with E-state index in [1.165, 1.54) is 16.0 Å². The molecule has 2 aromatic rings. The number of hydrogen-bond acceptors (Lipinski definition) is 3. The van der Waals surface area contributed by atoms with Crippen molar-refractivity contribution in [3.63, 3.8) is 0 Å². The zero-order valence-electron chi connectivity index (χ0n) is 16.7. The second-order valence-electron chi connectivity index (χ2n) is 7.27. The van der Waals surface area contributed by atoms with Crippen molar-refractivity contribution in [2.75, 3.05) is 19.6 Å². The maximum absolute atomic E-state index is 13.3. The third-order valence-corrected chi connectivity index (χ3v) is 6.42. The maximum atomic E-state index is 13.3. The second kappa shape index (κ2) is 9.10. The monoisotopic (exact) mass is 418 g/mol. The van der Waals surface area contributed by atoms with Crippen LogP contribution in [-0.2, 0) is 16.0 Å². The van der Waals surface area contributed by atoms with Crippen molar-refractivity contribution in [3.8, 4) is 0 Å². The molecule has 0 fully saturated rings. The molecule has 0 aliphatic carbocycles. The van der Waals surface area contributed by atoms with Crippen LogP contribution in [0.2, 0.25) is 0 Å². The molecule has 1 aromatic heterocycles. The predicted octanol–water partition coefficient (Wildman–Crippen LogP) is 4.40. The molecule has 1 aromatic carbocycles. The summed E-state index contributed by atoms with van der Waals surface area (Å²) < 4.78 is 0. The first-order valence-electron chi connectivity index (χ1n) is 9.78. The highest BCUT2D eigenvalue weighted by atomic mass is 35.5. The lowest BCUT2D eigenvalue weighted by atomic mass is 9.90. The number of alkyl halides is 1. The van der Waals surface area contributed by atoms with Crippen molar-refractivity contribution in [3.05, 3.63) is 57.3 Å². The highest BCUT2D eigenvalue weighted by Gasteiger charge is 2.34. The van der Waals surface area contributed by atoms with Gasteiger partial charge in [-0.2, -0.15) is 0 Å². The smallest absolute Gasteiger partial charge is 0.242 e. The van der Waals surface area contributed by atoms with Crippen LogP contribution in [0.15, 0.2) is 35.7 Å². The number of rotatable bonds is 6. The van der Waals surface area contributed by atoms with Crippen molar-refractivity contribution in [1.82, 2.24) is 9.80 Å². The Morgan fingerprint density at radius 1 is 1.29 bits per heavy atom. The molecule has 0 unspecified atom stereocenters. The van der Waals surface area contributed by atoms with E-state index in [0.29, 0.717) is 13.1 Å². The summed E-state index contributed by atoms with van der Waals surface area (Å²) in [6.45, 7) is 7.01. The van der Waals surface area contributed by atoms with Gasteiger partial charge in [-0.05, 0) is 54.8 Å². The van der Waals surface area contributed by atoms with Crippen LogP contribution in [0.5, 0.6) is 0 Å². The van der Waals surface area contributed by atoms with Crippen LogP contribution in [0, 0.1) is 6.92 Å². The van der Waals surface area contributed by atoms with Crippen LogP contribution in [0.1, 0.15) is 47.9 Å². The Morgan fingerprint density at radius 2 is 2.04 bits per heavy atom. The predicted molar refractivity (Wildman–Crippen MR) is 115 cm³/mol. The molecule has 6 heteroatoms. The maximum Gasteiger partial charge on any atom is 0.242 e. The molecule has 0 N–H and O–H groups in total. The number of hydrogen-bond donors (Lipinski definition) is 0. The molecule has 3 rings (SSSR count). The summed E-state index contributed by atoms with van der Waals surface area (Å²) in [7, 11) is 0. The zero-order chi connectivity index (χ0) is 20.3. The van der Waals surface area contributed by atoms with Crippen LogP contribution in [-0.4, -0.2) is 46.6 Å². The molecule has 150 valence electrons. The zero-order valence-corrected chi connectivity index (χ0v) is 18.2. The summed E-state index contributed by atoms with van der Waals surface area (Å²) in [6, 6.07) is 10.3. The quantitative estimate of drug-likeness (QED) is 0.652. The highest BCUT2D eigenvalue weighted by Crippen LogP contribution is 2.39. The van der Waals surface area contributed by atoms with Crippen LogP contribution in [0.3, 0.4) is 0 Å². The van der Waals surface area contributed by atoms with Gasteiger partial charge in [-0.1, -0.05) is 31.2 Å². The van der Waals surface area contributed by atoms with Gasteiger partial charge in [-0.25, -0.2) is 0 Å². The normalized spacial score (nSPS) is 17.1. The summed E-state index contributed by atoms with van der Waals surface area (Å²) in [6.07, 6.45) is 1.65. The number of fused-ring (bicyclic) bond motifs is 1. The first-order chi connectivity index (χ1) is 13.4. The minimum absolute atomic E-state index is 0.0239. The van der Waals surface area contributed by atoms with E-state index in [4.69, 9.17) is 11.6 Å². The lowest BCUT2D eigenvalue weighted by Crippen LogP contribution is -2.48. The first kappa shape index (κ1) is 20.9. The minimum Gasteiger partial charge on any atom is -0.332 e. The lowest BCUT2D eigenvalue weighted by molar-refractivity contribution is -0.141. The van der Waals surface area contributed by atoms with E-state index in [2.05, 4.69) is 30.5 Å². The summed E-state index contributed by atoms with van der Waals surface area (Å²) in [5, 5.41) is 1.47. The van der Waals surface area contributed by atoms with Crippen molar-refractivity contribution in [1.29, 1.82) is 0 Å². The van der Waals surface area contributed by atoms with E-state index in [9.17, 15) is 9.59 Å². The topological polar surface area (TPSA) is 40.6 Å². The Hall–Kier alpha value is -1.85. The average molecular weight is 419 g/mol. The number of carbonyl (C=O) groups is 2. The van der Waals surface area contributed by atoms with E-state index < -0.39 is 5.38 Å². The fourth-order valence-corrected chi connectivity index (χ4v) is 4.90. The third-order valence-electron chi connectivity index (χ3n) is 5.24. The molecule has 0 saturated carbocycles. The Bertz CT molecular complexity index is 849. The largest absolute Gasteiger partial charge is 0.332 e. The molecule has 28 heavy (non-hydrogen) atoms. The van der Waals surface area contributed by atoms with Gasteiger partial charge in [0.05, 0.1) is 12.6 Å². The molecular weight excluding hydrogens is 392 g/mol. The number of carbonyl (C=O) groups excluding carboxylic acids is 2. The van der Waals surface area contributed by atoms with Gasteiger partial charge in [0.15, 0.2) is 0 Å². The highest BCUT2D eigenvalue weighted by molar-refractivity contribution is 7.10. The number of aryl methyl sites for hydroxylation is 1. The Balaban J connectivity index is 1.92. The van der Waals surface area contributed by atoms with Crippen molar-refractivity contribution >= 4 is 34.8 Å². The van der Waals surface area contributed by atoms with Gasteiger partial charge in [0, 0.05) is 18.0 Å². The van der Waals surface area contributed by atoms with E-state index in [0.717, 1.165) is 18.4 Å². The fraction of sp³-hybridized carbons (Fsp3) is 0.455. The second-order valence-corrected chi connectivity index (χ2v) is 8.93. The molecule has 2 amide bonds. The molecule has 0 spiro atoms.